The Morgan fingerprint density at radius 1 is 0.974 bits per heavy atom. The fraction of sp³-hybridized carbons (Fsp3) is 0.286. The number of anilines is 2. The summed E-state index contributed by atoms with van der Waals surface area (Å²) in [6, 6.07) is 18.4. The van der Waals surface area contributed by atoms with E-state index in [0.717, 1.165) is 30.2 Å². The van der Waals surface area contributed by atoms with E-state index in [4.69, 9.17) is 9.57 Å². The summed E-state index contributed by atoms with van der Waals surface area (Å²) in [6.45, 7) is 2.70. The fourth-order valence-electron chi connectivity index (χ4n) is 4.91. The molecule has 0 radical (unpaired) electrons. The number of rotatable bonds is 9. The van der Waals surface area contributed by atoms with E-state index in [1.54, 1.807) is 48.5 Å². The van der Waals surface area contributed by atoms with Gasteiger partial charge in [0.1, 0.15) is 17.4 Å². The van der Waals surface area contributed by atoms with E-state index in [0.29, 0.717) is 23.7 Å². The summed E-state index contributed by atoms with van der Waals surface area (Å²) in [5.41, 5.74) is 0.907. The van der Waals surface area contributed by atoms with E-state index in [1.165, 1.54) is 17.2 Å². The third-order valence-electron chi connectivity index (χ3n) is 6.78. The van der Waals surface area contributed by atoms with Crippen LogP contribution < -0.4 is 14.7 Å². The zero-order chi connectivity index (χ0) is 26.8. The Labute approximate surface area is 219 Å². The molecule has 10 nitrogen and oxygen atoms in total. The molecule has 2 fully saturated rings. The lowest BCUT2D eigenvalue weighted by Crippen LogP contribution is -2.37. The lowest BCUT2D eigenvalue weighted by Gasteiger charge is -2.29. The average Bonchev–Trinajstić information content (AvgIpc) is 3.43. The van der Waals surface area contributed by atoms with E-state index in [2.05, 4.69) is 6.92 Å². The SMILES string of the molecule is CCCCCOc1ccc(N2C(=O)[C@H]3[C@@H](c4ccc([N+](=O)[O-])cc4O)N(c4ccccc4)O[C@H]3C2=O)cc1. The minimum absolute atomic E-state index is 0.241. The molecule has 2 aliphatic rings. The molecule has 38 heavy (non-hydrogen) atoms. The number of ether oxygens (including phenoxy) is 1. The molecule has 0 aromatic heterocycles. The van der Waals surface area contributed by atoms with Crippen LogP contribution in [0.3, 0.4) is 0 Å². The molecule has 5 rings (SSSR count). The van der Waals surface area contributed by atoms with E-state index in [1.807, 2.05) is 6.07 Å². The van der Waals surface area contributed by atoms with Crippen molar-refractivity contribution in [2.75, 3.05) is 16.6 Å². The quantitative estimate of drug-likeness (QED) is 0.184. The number of phenolic OH excluding ortho intramolecular Hbond substituents is 1. The fourth-order valence-corrected chi connectivity index (χ4v) is 4.91. The molecule has 2 aliphatic heterocycles. The molecule has 2 heterocycles. The second-order valence-electron chi connectivity index (χ2n) is 9.22. The summed E-state index contributed by atoms with van der Waals surface area (Å²) >= 11 is 0. The molecule has 1 N–H and O–H groups in total. The molecule has 10 heteroatoms. The van der Waals surface area contributed by atoms with E-state index >= 15 is 0 Å². The highest BCUT2D eigenvalue weighted by Crippen LogP contribution is 2.49. The predicted molar refractivity (Wildman–Crippen MR) is 139 cm³/mol. The van der Waals surface area contributed by atoms with Crippen molar-refractivity contribution in [1.82, 2.24) is 0 Å². The van der Waals surface area contributed by atoms with Crippen LogP contribution in [0.25, 0.3) is 0 Å². The molecule has 0 spiro atoms. The summed E-state index contributed by atoms with van der Waals surface area (Å²) in [7, 11) is 0. The van der Waals surface area contributed by atoms with Gasteiger partial charge in [0.15, 0.2) is 6.10 Å². The third kappa shape index (κ3) is 4.54. The highest BCUT2D eigenvalue weighted by molar-refractivity contribution is 6.24. The smallest absolute Gasteiger partial charge is 0.273 e. The van der Waals surface area contributed by atoms with Crippen molar-refractivity contribution < 1.29 is 29.2 Å². The number of carbonyl (C=O) groups is 2. The molecule has 0 unspecified atom stereocenters. The molecule has 2 amide bonds. The highest BCUT2D eigenvalue weighted by atomic mass is 16.7. The Balaban J connectivity index is 1.46. The maximum Gasteiger partial charge on any atom is 0.273 e. The Morgan fingerprint density at radius 2 is 1.71 bits per heavy atom. The predicted octanol–water partition coefficient (Wildman–Crippen LogP) is 4.92. The zero-order valence-corrected chi connectivity index (χ0v) is 20.7. The van der Waals surface area contributed by atoms with E-state index in [9.17, 15) is 24.8 Å². The molecule has 3 atom stereocenters. The van der Waals surface area contributed by atoms with Crippen LogP contribution in [0.2, 0.25) is 0 Å². The van der Waals surface area contributed by atoms with Crippen molar-refractivity contribution in [3.63, 3.8) is 0 Å². The van der Waals surface area contributed by atoms with Crippen molar-refractivity contribution >= 4 is 28.9 Å². The molecule has 0 saturated carbocycles. The first-order valence-electron chi connectivity index (χ1n) is 12.5. The second kappa shape index (κ2) is 10.5. The van der Waals surface area contributed by atoms with Crippen LogP contribution in [-0.2, 0) is 14.4 Å². The number of nitro benzene ring substituents is 1. The van der Waals surface area contributed by atoms with Crippen molar-refractivity contribution in [3.05, 3.63) is 88.5 Å². The summed E-state index contributed by atoms with van der Waals surface area (Å²) in [5.74, 6) is -1.72. The van der Waals surface area contributed by atoms with Gasteiger partial charge in [0.05, 0.1) is 35.0 Å². The monoisotopic (exact) mass is 517 g/mol. The number of fused-ring (bicyclic) bond motifs is 1. The molecule has 0 aliphatic carbocycles. The van der Waals surface area contributed by atoms with Crippen molar-refractivity contribution in [2.24, 2.45) is 5.92 Å². The zero-order valence-electron chi connectivity index (χ0n) is 20.7. The largest absolute Gasteiger partial charge is 0.507 e. The summed E-state index contributed by atoms with van der Waals surface area (Å²) < 4.78 is 5.74. The molecule has 2 saturated heterocycles. The average molecular weight is 518 g/mol. The number of para-hydroxylation sites is 1. The minimum Gasteiger partial charge on any atom is -0.507 e. The first-order valence-corrected chi connectivity index (χ1v) is 12.5. The molecule has 3 aromatic rings. The lowest BCUT2D eigenvalue weighted by molar-refractivity contribution is -0.385. The molecule has 196 valence electrons. The number of hydroxylamine groups is 1. The van der Waals surface area contributed by atoms with Gasteiger partial charge < -0.3 is 9.84 Å². The van der Waals surface area contributed by atoms with Crippen LogP contribution in [0.15, 0.2) is 72.8 Å². The Morgan fingerprint density at radius 3 is 2.37 bits per heavy atom. The number of non-ortho nitro benzene ring substituents is 1. The maximum atomic E-state index is 13.8. The van der Waals surface area contributed by atoms with Crippen molar-refractivity contribution in [2.45, 2.75) is 38.3 Å². The number of aromatic hydroxyl groups is 1. The minimum atomic E-state index is -1.13. The van der Waals surface area contributed by atoms with E-state index < -0.39 is 34.8 Å². The van der Waals surface area contributed by atoms with Crippen molar-refractivity contribution in [3.8, 4) is 11.5 Å². The third-order valence-corrected chi connectivity index (χ3v) is 6.78. The number of amides is 2. The Bertz CT molecular complexity index is 1350. The van der Waals surface area contributed by atoms with Gasteiger partial charge in [-0.15, -0.1) is 0 Å². The topological polar surface area (TPSA) is 122 Å². The normalized spacial score (nSPS) is 20.6. The second-order valence-corrected chi connectivity index (χ2v) is 9.22. The lowest BCUT2D eigenvalue weighted by atomic mass is 9.90. The van der Waals surface area contributed by atoms with Gasteiger partial charge in [-0.1, -0.05) is 38.0 Å². The molecule has 0 bridgehead atoms. The first-order chi connectivity index (χ1) is 18.4. The summed E-state index contributed by atoms with van der Waals surface area (Å²) in [4.78, 5) is 45.0. The van der Waals surface area contributed by atoms with Crippen LogP contribution in [0.5, 0.6) is 11.5 Å². The molecule has 3 aromatic carbocycles. The Hall–Kier alpha value is -4.44. The van der Waals surface area contributed by atoms with Gasteiger partial charge in [-0.3, -0.25) is 24.5 Å². The number of phenols is 1. The van der Waals surface area contributed by atoms with Gasteiger partial charge in [-0.2, -0.15) is 0 Å². The highest BCUT2D eigenvalue weighted by Gasteiger charge is 2.60. The number of nitrogens with zero attached hydrogens (tertiary/aromatic N) is 3. The first kappa shape index (κ1) is 25.2. The summed E-state index contributed by atoms with van der Waals surface area (Å²) in [5, 5.41) is 23.4. The van der Waals surface area contributed by atoms with Crippen LogP contribution in [0.4, 0.5) is 17.1 Å². The van der Waals surface area contributed by atoms with Crippen LogP contribution in [0.1, 0.15) is 37.8 Å². The number of nitro groups is 1. The number of benzene rings is 3. The van der Waals surface area contributed by atoms with E-state index in [-0.39, 0.29) is 17.0 Å². The number of hydrogen-bond donors (Lipinski definition) is 1. The summed E-state index contributed by atoms with van der Waals surface area (Å²) in [6.07, 6.45) is 1.97. The number of unbranched alkanes of at least 4 members (excludes halogenated alkanes) is 2. The van der Waals surface area contributed by atoms with Crippen molar-refractivity contribution in [1.29, 1.82) is 0 Å². The van der Waals surface area contributed by atoms with Gasteiger partial charge in [-0.05, 0) is 48.9 Å². The molecular formula is C28H27N3O7. The number of carbonyl (C=O) groups excluding carboxylic acids is 2. The Kier molecular flexibility index (Phi) is 6.97. The van der Waals surface area contributed by atoms with Gasteiger partial charge in [0, 0.05) is 11.6 Å². The number of hydrogen-bond acceptors (Lipinski definition) is 8. The van der Waals surface area contributed by atoms with Gasteiger partial charge in [0.2, 0.25) is 5.91 Å². The standard InChI is InChI=1S/C28H27N3O7/c1-2-3-7-16-37-21-13-10-18(11-14-21)29-27(33)24-25(22-15-12-20(31(35)36)17-23(22)32)30(38-26(24)28(29)34)19-8-5-4-6-9-19/h4-6,8-15,17,24-26,32H,2-3,7,16H2,1H3/t24-,25+,26+/m0/s1. The maximum absolute atomic E-state index is 13.8. The van der Waals surface area contributed by atoms with Crippen LogP contribution >= 0.6 is 0 Å². The van der Waals surface area contributed by atoms with Crippen LogP contribution in [0, 0.1) is 16.0 Å². The number of imide groups is 1. The van der Waals surface area contributed by atoms with Gasteiger partial charge >= 0.3 is 0 Å². The van der Waals surface area contributed by atoms with Gasteiger partial charge in [0.25, 0.3) is 11.6 Å². The molecular weight excluding hydrogens is 490 g/mol. The van der Waals surface area contributed by atoms with Gasteiger partial charge in [-0.25, -0.2) is 9.96 Å². The van der Waals surface area contributed by atoms with Crippen LogP contribution in [-0.4, -0.2) is 34.6 Å².